The fourth-order valence-electron chi connectivity index (χ4n) is 1.74. The normalized spacial score (nSPS) is 11.5. The molecule has 0 aliphatic heterocycles. The summed E-state index contributed by atoms with van der Waals surface area (Å²) in [6, 6.07) is 9.62. The number of hydrogen-bond acceptors (Lipinski definition) is 2. The summed E-state index contributed by atoms with van der Waals surface area (Å²) in [5, 5.41) is 17.8. The van der Waals surface area contributed by atoms with Gasteiger partial charge in [0.25, 0.3) is 0 Å². The fourth-order valence-corrected chi connectivity index (χ4v) is 1.74. The van der Waals surface area contributed by atoms with Crippen molar-refractivity contribution >= 4 is 0 Å². The van der Waals surface area contributed by atoms with Crippen molar-refractivity contribution < 1.29 is 0 Å². The van der Waals surface area contributed by atoms with Gasteiger partial charge in [0.15, 0.2) is 0 Å². The minimum absolute atomic E-state index is 0.417. The molecule has 0 radical (unpaired) electrons. The van der Waals surface area contributed by atoms with Gasteiger partial charge < -0.3 is 0 Å². The Morgan fingerprint density at radius 2 is 1.69 bits per heavy atom. The van der Waals surface area contributed by atoms with Gasteiger partial charge in [0, 0.05) is 0 Å². The monoisotopic (exact) mass is 212 g/mol. The Hall–Kier alpha value is -1.80. The summed E-state index contributed by atoms with van der Waals surface area (Å²) in [6.45, 7) is 4.31. The molecule has 0 amide bonds. The van der Waals surface area contributed by atoms with Crippen LogP contribution in [0, 0.1) is 22.7 Å². The van der Waals surface area contributed by atoms with Crippen LogP contribution in [0.15, 0.2) is 18.2 Å². The molecule has 0 aliphatic carbocycles. The Balaban J connectivity index is 2.96. The van der Waals surface area contributed by atoms with Crippen LogP contribution in [0.25, 0.3) is 0 Å². The third kappa shape index (κ3) is 3.11. The highest BCUT2D eigenvalue weighted by Gasteiger charge is 2.07. The van der Waals surface area contributed by atoms with Gasteiger partial charge in [-0.2, -0.15) is 10.5 Å². The van der Waals surface area contributed by atoms with Crippen LogP contribution in [0.1, 0.15) is 55.7 Å². The van der Waals surface area contributed by atoms with Crippen molar-refractivity contribution in [2.24, 2.45) is 0 Å². The van der Waals surface area contributed by atoms with Crippen molar-refractivity contribution in [2.45, 2.75) is 39.0 Å². The van der Waals surface area contributed by atoms with Gasteiger partial charge in [0.2, 0.25) is 0 Å². The van der Waals surface area contributed by atoms with E-state index < -0.39 is 0 Å². The second kappa shape index (κ2) is 5.93. The average Bonchev–Trinajstić information content (AvgIpc) is 2.35. The van der Waals surface area contributed by atoms with E-state index in [-0.39, 0.29) is 0 Å². The fraction of sp³-hybridized carbons (Fsp3) is 0.429. The third-order valence-corrected chi connectivity index (χ3v) is 2.77. The molecule has 2 heteroatoms. The quantitative estimate of drug-likeness (QED) is 0.763. The van der Waals surface area contributed by atoms with Gasteiger partial charge in [0.05, 0.1) is 23.3 Å². The highest BCUT2D eigenvalue weighted by Crippen LogP contribution is 2.23. The van der Waals surface area contributed by atoms with Crippen molar-refractivity contribution in [1.29, 1.82) is 10.5 Å². The van der Waals surface area contributed by atoms with E-state index in [4.69, 9.17) is 10.5 Å². The smallest absolute Gasteiger partial charge is 0.0992 e. The minimum Gasteiger partial charge on any atom is -0.192 e. The molecule has 0 N–H and O–H groups in total. The summed E-state index contributed by atoms with van der Waals surface area (Å²) in [5.41, 5.74) is 2.26. The van der Waals surface area contributed by atoms with Crippen LogP contribution < -0.4 is 0 Å². The Labute approximate surface area is 97.1 Å². The number of nitrogens with zero attached hydrogens (tertiary/aromatic N) is 2. The first-order valence-corrected chi connectivity index (χ1v) is 5.66. The van der Waals surface area contributed by atoms with Crippen LogP contribution in [0.2, 0.25) is 0 Å². The Morgan fingerprint density at radius 1 is 1.12 bits per heavy atom. The zero-order valence-electron chi connectivity index (χ0n) is 9.83. The number of benzene rings is 1. The summed E-state index contributed by atoms with van der Waals surface area (Å²) >= 11 is 0. The topological polar surface area (TPSA) is 47.6 Å². The summed E-state index contributed by atoms with van der Waals surface area (Å²) < 4.78 is 0. The molecule has 0 spiro atoms. The van der Waals surface area contributed by atoms with Crippen molar-refractivity contribution in [1.82, 2.24) is 0 Å². The average molecular weight is 212 g/mol. The maximum absolute atomic E-state index is 8.88. The zero-order valence-corrected chi connectivity index (χ0v) is 9.83. The molecule has 1 rings (SSSR count). The second-order valence-electron chi connectivity index (χ2n) is 4.11. The van der Waals surface area contributed by atoms with E-state index in [0.29, 0.717) is 17.0 Å². The van der Waals surface area contributed by atoms with Gasteiger partial charge in [0.1, 0.15) is 0 Å². The lowest BCUT2D eigenvalue weighted by atomic mass is 9.93. The molecule has 1 aromatic carbocycles. The molecule has 0 fully saturated rings. The lowest BCUT2D eigenvalue weighted by molar-refractivity contribution is 0.624. The summed E-state index contributed by atoms with van der Waals surface area (Å²) in [5.74, 6) is 0.417. The third-order valence-electron chi connectivity index (χ3n) is 2.77. The number of unbranched alkanes of at least 4 members (excludes halogenated alkanes) is 1. The lowest BCUT2D eigenvalue weighted by Crippen LogP contribution is -1.95. The highest BCUT2D eigenvalue weighted by atomic mass is 14.3. The van der Waals surface area contributed by atoms with Crippen molar-refractivity contribution in [3.05, 3.63) is 34.9 Å². The predicted octanol–water partition coefficient (Wildman–Crippen LogP) is 3.72. The molecule has 0 bridgehead atoms. The van der Waals surface area contributed by atoms with Gasteiger partial charge in [-0.05, 0) is 36.1 Å². The van der Waals surface area contributed by atoms with E-state index in [0.717, 1.165) is 12.0 Å². The molecule has 82 valence electrons. The van der Waals surface area contributed by atoms with Crippen LogP contribution in [0.4, 0.5) is 0 Å². The maximum Gasteiger partial charge on any atom is 0.0992 e. The summed E-state index contributed by atoms with van der Waals surface area (Å²) in [7, 11) is 0. The van der Waals surface area contributed by atoms with E-state index in [2.05, 4.69) is 26.0 Å². The van der Waals surface area contributed by atoms with E-state index in [1.807, 2.05) is 12.1 Å². The summed E-state index contributed by atoms with van der Waals surface area (Å²) in [6.07, 6.45) is 3.46. The molecule has 0 aliphatic rings. The molecule has 1 aromatic rings. The van der Waals surface area contributed by atoms with Crippen molar-refractivity contribution in [3.8, 4) is 12.1 Å². The van der Waals surface area contributed by atoms with E-state index >= 15 is 0 Å². The second-order valence-corrected chi connectivity index (χ2v) is 4.11. The van der Waals surface area contributed by atoms with Gasteiger partial charge in [-0.15, -0.1) is 0 Å². The van der Waals surface area contributed by atoms with Gasteiger partial charge in [-0.1, -0.05) is 26.7 Å². The molecule has 2 nitrogen and oxygen atoms in total. The number of hydrogen-bond donors (Lipinski definition) is 0. The largest absolute Gasteiger partial charge is 0.192 e. The molecule has 1 atom stereocenters. The van der Waals surface area contributed by atoms with Crippen LogP contribution in [0.5, 0.6) is 0 Å². The first-order valence-electron chi connectivity index (χ1n) is 5.66. The van der Waals surface area contributed by atoms with Crippen LogP contribution in [0.3, 0.4) is 0 Å². The lowest BCUT2D eigenvalue weighted by Gasteiger charge is -2.11. The van der Waals surface area contributed by atoms with Gasteiger partial charge in [-0.25, -0.2) is 0 Å². The van der Waals surface area contributed by atoms with Crippen LogP contribution in [-0.4, -0.2) is 0 Å². The first kappa shape index (κ1) is 12.3. The molecule has 16 heavy (non-hydrogen) atoms. The Bertz CT molecular complexity index is 403. The SMILES string of the molecule is CCCCC(C)c1cc(C#N)cc(C#N)c1. The Kier molecular flexibility index (Phi) is 4.55. The van der Waals surface area contributed by atoms with Crippen LogP contribution in [-0.2, 0) is 0 Å². The standard InChI is InChI=1S/C14H16N2/c1-3-4-5-11(2)14-7-12(9-15)6-13(8-14)10-16/h6-8,11H,3-5H2,1-2H3. The molecule has 1 unspecified atom stereocenters. The maximum atomic E-state index is 8.88. The predicted molar refractivity (Wildman–Crippen MR) is 63.8 cm³/mol. The minimum atomic E-state index is 0.417. The molecule has 0 aromatic heterocycles. The summed E-state index contributed by atoms with van der Waals surface area (Å²) in [4.78, 5) is 0. The highest BCUT2D eigenvalue weighted by molar-refractivity contribution is 5.43. The Morgan fingerprint density at radius 3 is 2.12 bits per heavy atom. The molecule has 0 saturated heterocycles. The number of nitriles is 2. The van der Waals surface area contributed by atoms with Crippen LogP contribution >= 0.6 is 0 Å². The molecular formula is C14H16N2. The van der Waals surface area contributed by atoms with E-state index in [9.17, 15) is 0 Å². The van der Waals surface area contributed by atoms with Gasteiger partial charge >= 0.3 is 0 Å². The first-order chi connectivity index (χ1) is 7.71. The van der Waals surface area contributed by atoms with E-state index in [1.165, 1.54) is 12.8 Å². The molecule has 0 heterocycles. The van der Waals surface area contributed by atoms with Gasteiger partial charge in [-0.3, -0.25) is 0 Å². The zero-order chi connectivity index (χ0) is 12.0. The van der Waals surface area contributed by atoms with Crippen molar-refractivity contribution in [2.75, 3.05) is 0 Å². The van der Waals surface area contributed by atoms with E-state index in [1.54, 1.807) is 6.07 Å². The number of rotatable bonds is 4. The molecular weight excluding hydrogens is 196 g/mol. The molecule has 0 saturated carbocycles. The van der Waals surface area contributed by atoms with Crippen molar-refractivity contribution in [3.63, 3.8) is 0 Å².